The van der Waals surface area contributed by atoms with Crippen molar-refractivity contribution in [3.8, 4) is 34.4 Å². The molecule has 2 aliphatic heterocycles. The van der Waals surface area contributed by atoms with Gasteiger partial charge in [0.2, 0.25) is 5.91 Å². The number of alkyl halides is 1. The first-order valence-corrected chi connectivity index (χ1v) is 19.8. The van der Waals surface area contributed by atoms with Gasteiger partial charge in [-0.2, -0.15) is 5.26 Å². The van der Waals surface area contributed by atoms with Crippen LogP contribution >= 0.6 is 23.2 Å². The molecule has 288 valence electrons. The molecule has 1 amide bonds. The minimum Gasteiger partial charge on any atom is -0.492 e. The van der Waals surface area contributed by atoms with Gasteiger partial charge in [0.25, 0.3) is 0 Å². The Labute approximate surface area is 332 Å². The Morgan fingerprint density at radius 1 is 1.02 bits per heavy atom. The highest BCUT2D eigenvalue weighted by Gasteiger charge is 2.30. The second kappa shape index (κ2) is 17.6. The van der Waals surface area contributed by atoms with Crippen molar-refractivity contribution in [2.75, 3.05) is 32.8 Å². The van der Waals surface area contributed by atoms with Crippen LogP contribution in [-0.4, -0.2) is 60.3 Å². The van der Waals surface area contributed by atoms with Crippen molar-refractivity contribution in [2.24, 2.45) is 0 Å². The molecule has 3 heterocycles. The molecule has 3 aromatic carbocycles. The summed E-state index contributed by atoms with van der Waals surface area (Å²) in [6.07, 6.45) is 7.72. The number of piperidine rings is 2. The number of carbonyl (C=O) groups excluding carboxylic acids is 1. The number of likely N-dealkylation sites (tertiary alicyclic amines) is 1. The van der Waals surface area contributed by atoms with Crippen LogP contribution in [0.5, 0.6) is 17.2 Å². The predicted molar refractivity (Wildman–Crippen MR) is 211 cm³/mol. The molecular weight excluding hydrogens is 740 g/mol. The van der Waals surface area contributed by atoms with Crippen molar-refractivity contribution < 1.29 is 23.4 Å². The molecule has 9 nitrogen and oxygen atoms in total. The predicted octanol–water partition coefficient (Wildman–Crippen LogP) is 8.53. The molecule has 55 heavy (non-hydrogen) atoms. The third kappa shape index (κ3) is 9.71. The van der Waals surface area contributed by atoms with Crippen LogP contribution in [0.3, 0.4) is 0 Å². The maximum atomic E-state index is 14.2. The lowest BCUT2D eigenvalue weighted by atomic mass is 9.96. The van der Waals surface area contributed by atoms with Crippen molar-refractivity contribution in [3.05, 3.63) is 105 Å². The van der Waals surface area contributed by atoms with Gasteiger partial charge in [0, 0.05) is 80.3 Å². The molecule has 2 N–H and O–H groups in total. The molecular formula is C43H46Cl2FN5O4. The summed E-state index contributed by atoms with van der Waals surface area (Å²) < 4.78 is 33.4. The number of hydrogen-bond donors (Lipinski definition) is 2. The third-order valence-electron chi connectivity index (χ3n) is 10.8. The van der Waals surface area contributed by atoms with E-state index >= 15 is 0 Å². The zero-order valence-corrected chi connectivity index (χ0v) is 32.5. The highest BCUT2D eigenvalue weighted by atomic mass is 35.5. The van der Waals surface area contributed by atoms with Gasteiger partial charge >= 0.3 is 0 Å². The molecule has 12 heteroatoms. The average molecular weight is 787 g/mol. The first-order valence-electron chi connectivity index (χ1n) is 19.1. The van der Waals surface area contributed by atoms with Gasteiger partial charge < -0.3 is 29.7 Å². The first kappa shape index (κ1) is 38.9. The topological polar surface area (TPSA) is 109 Å². The van der Waals surface area contributed by atoms with Gasteiger partial charge in [0.15, 0.2) is 0 Å². The Kier molecular flexibility index (Phi) is 12.4. The van der Waals surface area contributed by atoms with Crippen molar-refractivity contribution in [1.82, 2.24) is 20.5 Å². The van der Waals surface area contributed by atoms with E-state index in [1.54, 1.807) is 19.2 Å². The number of aromatic nitrogens is 1. The number of hydrogen-bond acceptors (Lipinski definition) is 8. The van der Waals surface area contributed by atoms with Crippen molar-refractivity contribution in [3.63, 3.8) is 0 Å². The van der Waals surface area contributed by atoms with Crippen LogP contribution in [0.15, 0.2) is 67.0 Å². The van der Waals surface area contributed by atoms with Crippen LogP contribution in [0.1, 0.15) is 79.4 Å². The van der Waals surface area contributed by atoms with Gasteiger partial charge in [-0.05, 0) is 80.3 Å². The van der Waals surface area contributed by atoms with E-state index in [-0.39, 0.29) is 24.7 Å². The van der Waals surface area contributed by atoms with Gasteiger partial charge in [-0.3, -0.25) is 9.78 Å². The summed E-state index contributed by atoms with van der Waals surface area (Å²) in [5.41, 5.74) is 5.23. The largest absolute Gasteiger partial charge is 0.492 e. The summed E-state index contributed by atoms with van der Waals surface area (Å²) in [5.74, 6) is 1.82. The van der Waals surface area contributed by atoms with Gasteiger partial charge in [0.05, 0.1) is 22.2 Å². The van der Waals surface area contributed by atoms with Crippen molar-refractivity contribution in [2.45, 2.75) is 82.8 Å². The lowest BCUT2D eigenvalue weighted by Gasteiger charge is -2.34. The molecule has 7 rings (SSSR count). The van der Waals surface area contributed by atoms with Gasteiger partial charge in [-0.15, -0.1) is 0 Å². The summed E-state index contributed by atoms with van der Waals surface area (Å²) in [6, 6.07) is 19.8. The number of amides is 1. The fraction of sp³-hybridized carbons (Fsp3) is 0.419. The fourth-order valence-electron chi connectivity index (χ4n) is 7.58. The molecule has 2 atom stereocenters. The quantitative estimate of drug-likeness (QED) is 0.123. The summed E-state index contributed by atoms with van der Waals surface area (Å²) >= 11 is 13.9. The molecule has 2 saturated heterocycles. The van der Waals surface area contributed by atoms with Crippen LogP contribution < -0.4 is 24.8 Å². The Morgan fingerprint density at radius 3 is 2.64 bits per heavy atom. The zero-order valence-electron chi connectivity index (χ0n) is 31.0. The minimum atomic E-state index is -1.05. The molecule has 1 aromatic heterocycles. The monoisotopic (exact) mass is 785 g/mol. The first-order chi connectivity index (χ1) is 26.7. The molecule has 4 aromatic rings. The van der Waals surface area contributed by atoms with Crippen molar-refractivity contribution in [1.29, 1.82) is 5.26 Å². The summed E-state index contributed by atoms with van der Waals surface area (Å²) in [6.45, 7) is 5.88. The highest BCUT2D eigenvalue weighted by Crippen LogP contribution is 2.45. The van der Waals surface area contributed by atoms with E-state index in [2.05, 4.69) is 38.7 Å². The number of nitrogens with one attached hydrogen (secondary N) is 2. The number of carbonyl (C=O) groups is 1. The molecule has 0 spiro atoms. The standard InChI is InChI=1S/C43H46Cl2FN5O4/c1-43(46)13-16-51(17-14-43)15-4-18-53-38-8-3-7-35(42(38)45)32-5-2-6-34-33(32)10-11-37(34)55-40-21-39(54-27-29-19-28(22-47)23-48-24-29)30(20-36(40)44)25-49-31-9-12-41(52)50-26-31/h2-3,5-8,19-21,23-24,31,37,49H,4,9-18,25-27H2,1H3,(H,50,52)/t31-,37-/m0/s1. The zero-order chi connectivity index (χ0) is 38.4. The van der Waals surface area contributed by atoms with Gasteiger partial charge in [-0.25, -0.2) is 4.39 Å². The molecule has 3 aliphatic rings. The molecule has 0 bridgehead atoms. The van der Waals surface area contributed by atoms with Gasteiger partial charge in [0.1, 0.15) is 41.7 Å². The lowest BCUT2D eigenvalue weighted by molar-refractivity contribution is -0.122. The molecule has 0 saturated carbocycles. The molecule has 0 unspecified atom stereocenters. The summed E-state index contributed by atoms with van der Waals surface area (Å²) in [5, 5.41) is 16.8. The fourth-order valence-corrected chi connectivity index (χ4v) is 8.09. The maximum absolute atomic E-state index is 14.2. The van der Waals surface area contributed by atoms with E-state index in [4.69, 9.17) is 37.4 Å². The van der Waals surface area contributed by atoms with Crippen LogP contribution in [0, 0.1) is 11.3 Å². The second-order valence-electron chi connectivity index (χ2n) is 14.9. The SMILES string of the molecule is CC1(F)CCN(CCCOc2cccc(-c3cccc4c3CC[C@@H]4Oc3cc(OCc4cncc(C#N)c4)c(CN[C@H]4CCC(=O)NC4)cc3Cl)c2Cl)CC1. The Hall–Kier alpha value is -4.40. The van der Waals surface area contributed by atoms with Crippen LogP contribution in [0.2, 0.25) is 10.0 Å². The van der Waals surface area contributed by atoms with E-state index in [0.717, 1.165) is 73.1 Å². The Morgan fingerprint density at radius 2 is 1.84 bits per heavy atom. The number of halogens is 3. The van der Waals surface area contributed by atoms with E-state index in [0.29, 0.717) is 71.8 Å². The second-order valence-corrected chi connectivity index (χ2v) is 15.7. The summed E-state index contributed by atoms with van der Waals surface area (Å²) in [4.78, 5) is 18.2. The van der Waals surface area contributed by atoms with E-state index in [9.17, 15) is 14.4 Å². The van der Waals surface area contributed by atoms with Crippen LogP contribution in [0.25, 0.3) is 11.1 Å². The van der Waals surface area contributed by atoms with Crippen LogP contribution in [-0.2, 0) is 24.4 Å². The number of nitrogens with zero attached hydrogens (tertiary/aromatic N) is 3. The highest BCUT2D eigenvalue weighted by molar-refractivity contribution is 6.35. The maximum Gasteiger partial charge on any atom is 0.220 e. The smallest absolute Gasteiger partial charge is 0.220 e. The van der Waals surface area contributed by atoms with E-state index in [1.807, 2.05) is 36.4 Å². The number of nitriles is 1. The number of ether oxygens (including phenoxy) is 3. The summed E-state index contributed by atoms with van der Waals surface area (Å²) in [7, 11) is 0. The normalized spacial score (nSPS) is 19.3. The number of rotatable bonds is 14. The van der Waals surface area contributed by atoms with E-state index < -0.39 is 5.67 Å². The van der Waals surface area contributed by atoms with Crippen molar-refractivity contribution >= 4 is 29.1 Å². The third-order valence-corrected chi connectivity index (χ3v) is 11.5. The van der Waals surface area contributed by atoms with Gasteiger partial charge in [-0.1, -0.05) is 53.5 Å². The molecule has 2 fully saturated rings. The molecule has 0 radical (unpaired) electrons. The van der Waals surface area contributed by atoms with E-state index in [1.165, 1.54) is 11.8 Å². The number of fused-ring (bicyclic) bond motifs is 1. The minimum absolute atomic E-state index is 0.0652. The average Bonchev–Trinajstić information content (AvgIpc) is 3.60. The number of pyridine rings is 1. The molecule has 1 aliphatic carbocycles. The Balaban J connectivity index is 1.05. The van der Waals surface area contributed by atoms with Crippen LogP contribution in [0.4, 0.5) is 4.39 Å². The lowest BCUT2D eigenvalue weighted by Crippen LogP contribution is -2.45. The Bertz CT molecular complexity index is 2040. The number of benzene rings is 3.